The third-order valence-electron chi connectivity index (χ3n) is 3.76. The van der Waals surface area contributed by atoms with Crippen LogP contribution in [-0.2, 0) is 16.6 Å². The minimum atomic E-state index is -3.64. The summed E-state index contributed by atoms with van der Waals surface area (Å²) in [6, 6.07) is 21.6. The fourth-order valence-electron chi connectivity index (χ4n) is 2.40. The molecule has 0 fully saturated rings. The summed E-state index contributed by atoms with van der Waals surface area (Å²) in [4.78, 5) is 0.199. The van der Waals surface area contributed by atoms with Crippen LogP contribution in [0.25, 0.3) is 11.1 Å². The molecule has 0 atom stereocenters. The molecule has 6 heteroatoms. The lowest BCUT2D eigenvalue weighted by atomic mass is 10.1. The van der Waals surface area contributed by atoms with Crippen molar-refractivity contribution in [2.24, 2.45) is 0 Å². The molecule has 0 radical (unpaired) electrons. The number of rotatable bonds is 5. The first-order valence-corrected chi connectivity index (χ1v) is 9.79. The summed E-state index contributed by atoms with van der Waals surface area (Å²) in [5.74, 6) is 0. The molecule has 0 aliphatic carbocycles. The molecule has 25 heavy (non-hydrogen) atoms. The summed E-state index contributed by atoms with van der Waals surface area (Å²) in [6.45, 7) is 0.0716. The van der Waals surface area contributed by atoms with Crippen LogP contribution in [0.2, 0.25) is 10.0 Å². The summed E-state index contributed by atoms with van der Waals surface area (Å²) >= 11 is 12.0. The number of sulfonamides is 1. The van der Waals surface area contributed by atoms with Crippen LogP contribution in [0, 0.1) is 0 Å². The Bertz CT molecular complexity index is 972. The molecule has 0 unspecified atom stereocenters. The van der Waals surface area contributed by atoms with Crippen LogP contribution in [-0.4, -0.2) is 8.42 Å². The zero-order valence-electron chi connectivity index (χ0n) is 13.1. The third-order valence-corrected chi connectivity index (χ3v) is 6.03. The number of benzene rings is 3. The molecule has 3 rings (SSSR count). The van der Waals surface area contributed by atoms with Gasteiger partial charge in [-0.05, 0) is 34.9 Å². The van der Waals surface area contributed by atoms with Gasteiger partial charge in [0.05, 0.1) is 14.9 Å². The molecular weight excluding hydrogens is 377 g/mol. The van der Waals surface area contributed by atoms with Gasteiger partial charge in [0.1, 0.15) is 0 Å². The highest BCUT2D eigenvalue weighted by atomic mass is 35.5. The van der Waals surface area contributed by atoms with Crippen molar-refractivity contribution < 1.29 is 8.42 Å². The van der Waals surface area contributed by atoms with Gasteiger partial charge in [0.15, 0.2) is 0 Å². The molecule has 1 N–H and O–H groups in total. The highest BCUT2D eigenvalue weighted by Crippen LogP contribution is 2.26. The van der Waals surface area contributed by atoms with Crippen molar-refractivity contribution in [3.8, 4) is 11.1 Å². The fourth-order valence-corrected chi connectivity index (χ4v) is 3.79. The highest BCUT2D eigenvalue weighted by Gasteiger charge is 2.15. The lowest BCUT2D eigenvalue weighted by Crippen LogP contribution is -2.23. The van der Waals surface area contributed by atoms with Crippen molar-refractivity contribution in [2.45, 2.75) is 11.4 Å². The summed E-state index contributed by atoms with van der Waals surface area (Å²) in [7, 11) is -3.64. The van der Waals surface area contributed by atoms with E-state index in [9.17, 15) is 8.42 Å². The average molecular weight is 392 g/mol. The Balaban J connectivity index is 1.77. The molecule has 0 aromatic heterocycles. The van der Waals surface area contributed by atoms with Gasteiger partial charge >= 0.3 is 0 Å². The van der Waals surface area contributed by atoms with Crippen molar-refractivity contribution in [3.05, 3.63) is 88.4 Å². The van der Waals surface area contributed by atoms with Gasteiger partial charge in [0, 0.05) is 6.54 Å². The second kappa shape index (κ2) is 7.58. The van der Waals surface area contributed by atoms with E-state index in [-0.39, 0.29) is 11.4 Å². The van der Waals surface area contributed by atoms with Crippen LogP contribution in [0.5, 0.6) is 0 Å². The predicted molar refractivity (Wildman–Crippen MR) is 102 cm³/mol. The second-order valence-corrected chi connectivity index (χ2v) is 7.98. The lowest BCUT2D eigenvalue weighted by molar-refractivity contribution is 0.581. The van der Waals surface area contributed by atoms with Gasteiger partial charge in [-0.15, -0.1) is 0 Å². The van der Waals surface area contributed by atoms with Crippen molar-refractivity contribution >= 4 is 33.2 Å². The number of nitrogens with one attached hydrogen (secondary N) is 1. The van der Waals surface area contributed by atoms with Gasteiger partial charge in [-0.1, -0.05) is 77.8 Å². The first-order chi connectivity index (χ1) is 12.0. The molecule has 0 aliphatic rings. The summed E-state index contributed by atoms with van der Waals surface area (Å²) in [5.41, 5.74) is 2.61. The smallest absolute Gasteiger partial charge is 0.207 e. The fraction of sp³-hybridized carbons (Fsp3) is 0.0526. The Kier molecular flexibility index (Phi) is 5.45. The molecule has 0 heterocycles. The normalized spacial score (nSPS) is 11.4. The molecule has 0 saturated carbocycles. The van der Waals surface area contributed by atoms with Crippen LogP contribution in [0.15, 0.2) is 77.7 Å². The maximum atomic E-state index is 12.5. The zero-order valence-corrected chi connectivity index (χ0v) is 15.4. The largest absolute Gasteiger partial charge is 0.240 e. The van der Waals surface area contributed by atoms with E-state index in [0.717, 1.165) is 11.1 Å². The van der Waals surface area contributed by atoms with E-state index in [0.29, 0.717) is 15.6 Å². The monoisotopic (exact) mass is 391 g/mol. The van der Waals surface area contributed by atoms with Crippen LogP contribution < -0.4 is 4.72 Å². The number of hydrogen-bond donors (Lipinski definition) is 1. The highest BCUT2D eigenvalue weighted by molar-refractivity contribution is 7.89. The van der Waals surface area contributed by atoms with Gasteiger partial charge < -0.3 is 0 Å². The van der Waals surface area contributed by atoms with Crippen molar-refractivity contribution in [1.29, 1.82) is 0 Å². The first-order valence-electron chi connectivity index (χ1n) is 7.55. The van der Waals surface area contributed by atoms with Crippen molar-refractivity contribution in [2.75, 3.05) is 0 Å². The van der Waals surface area contributed by atoms with Crippen molar-refractivity contribution in [1.82, 2.24) is 4.72 Å². The van der Waals surface area contributed by atoms with E-state index >= 15 is 0 Å². The minimum Gasteiger partial charge on any atom is -0.207 e. The molecular formula is C19H15Cl2NO2S. The van der Waals surface area contributed by atoms with E-state index in [1.807, 2.05) is 30.3 Å². The third kappa shape index (κ3) is 4.22. The lowest BCUT2D eigenvalue weighted by Gasteiger charge is -2.10. The quantitative estimate of drug-likeness (QED) is 0.654. The van der Waals surface area contributed by atoms with Crippen LogP contribution in [0.1, 0.15) is 5.56 Å². The van der Waals surface area contributed by atoms with Gasteiger partial charge in [-0.25, -0.2) is 13.1 Å². The summed E-state index contributed by atoms with van der Waals surface area (Å²) in [6.07, 6.45) is 0. The van der Waals surface area contributed by atoms with Crippen molar-refractivity contribution in [3.63, 3.8) is 0 Å². The first kappa shape index (κ1) is 18.0. The average Bonchev–Trinajstić information content (AvgIpc) is 2.64. The molecule has 0 bridgehead atoms. The maximum absolute atomic E-state index is 12.5. The summed E-state index contributed by atoms with van der Waals surface area (Å²) < 4.78 is 27.5. The molecule has 128 valence electrons. The predicted octanol–water partition coefficient (Wildman–Crippen LogP) is 5.14. The van der Waals surface area contributed by atoms with E-state index < -0.39 is 10.0 Å². The number of halogens is 2. The van der Waals surface area contributed by atoms with E-state index in [2.05, 4.69) is 4.72 Å². The van der Waals surface area contributed by atoms with Gasteiger partial charge in [-0.2, -0.15) is 0 Å². The minimum absolute atomic E-state index is 0.0716. The Labute approximate surface area is 157 Å². The van der Waals surface area contributed by atoms with E-state index in [4.69, 9.17) is 23.2 Å². The second-order valence-electron chi connectivity index (χ2n) is 5.43. The van der Waals surface area contributed by atoms with E-state index in [1.54, 1.807) is 42.5 Å². The molecule has 0 amide bonds. The standard InChI is InChI=1S/C19H15Cl2NO2S/c20-18-8-4-7-16(19(18)21)13-22-25(23,24)17-11-9-15(10-12-17)14-5-2-1-3-6-14/h1-12,22H,13H2. The maximum Gasteiger partial charge on any atom is 0.240 e. The number of hydrogen-bond acceptors (Lipinski definition) is 2. The van der Waals surface area contributed by atoms with Gasteiger partial charge in [-0.3, -0.25) is 0 Å². The Morgan fingerprint density at radius 2 is 1.40 bits per heavy atom. The molecule has 3 aromatic rings. The van der Waals surface area contributed by atoms with Crippen LogP contribution in [0.3, 0.4) is 0 Å². The van der Waals surface area contributed by atoms with Gasteiger partial charge in [0.2, 0.25) is 10.0 Å². The van der Waals surface area contributed by atoms with E-state index in [1.165, 1.54) is 0 Å². The Morgan fingerprint density at radius 1 is 0.760 bits per heavy atom. The molecule has 3 aromatic carbocycles. The molecule has 0 aliphatic heterocycles. The Morgan fingerprint density at radius 3 is 2.08 bits per heavy atom. The van der Waals surface area contributed by atoms with Gasteiger partial charge in [0.25, 0.3) is 0 Å². The topological polar surface area (TPSA) is 46.2 Å². The SMILES string of the molecule is O=S(=O)(NCc1cccc(Cl)c1Cl)c1ccc(-c2ccccc2)cc1. The molecule has 0 spiro atoms. The van der Waals surface area contributed by atoms with Crippen LogP contribution in [0.4, 0.5) is 0 Å². The van der Waals surface area contributed by atoms with Crippen LogP contribution >= 0.6 is 23.2 Å². The molecule has 0 saturated heterocycles. The summed E-state index contributed by atoms with van der Waals surface area (Å²) in [5, 5.41) is 0.747. The zero-order chi connectivity index (χ0) is 17.9. The molecule has 3 nitrogen and oxygen atoms in total. The Hall–Kier alpha value is -1.85.